The van der Waals surface area contributed by atoms with Crippen LogP contribution in [0, 0.1) is 6.92 Å². The Labute approximate surface area is 91.3 Å². The van der Waals surface area contributed by atoms with E-state index in [1.54, 1.807) is 31.2 Å². The molecule has 1 aromatic heterocycles. The summed E-state index contributed by atoms with van der Waals surface area (Å²) in [7, 11) is 0. The highest BCUT2D eigenvalue weighted by molar-refractivity contribution is 5.86. The second-order valence-electron chi connectivity index (χ2n) is 3.34. The average molecular weight is 218 g/mol. The maximum absolute atomic E-state index is 10.8. The van der Waals surface area contributed by atoms with Crippen LogP contribution in [0.3, 0.4) is 0 Å². The number of carbonyl (C=O) groups is 1. The first-order chi connectivity index (χ1) is 7.59. The van der Waals surface area contributed by atoms with Gasteiger partial charge in [-0.1, -0.05) is 11.3 Å². The Hall–Kier alpha value is -2.37. The van der Waals surface area contributed by atoms with E-state index >= 15 is 0 Å². The largest absolute Gasteiger partial charge is 0.476 e. The molecule has 16 heavy (non-hydrogen) atoms. The van der Waals surface area contributed by atoms with E-state index in [1.807, 2.05) is 0 Å². The highest BCUT2D eigenvalue weighted by Crippen LogP contribution is 2.14. The van der Waals surface area contributed by atoms with Crippen LogP contribution in [-0.2, 0) is 0 Å². The number of aromatic nitrogens is 3. The van der Waals surface area contributed by atoms with Crippen molar-refractivity contribution in [2.45, 2.75) is 6.92 Å². The van der Waals surface area contributed by atoms with Crippen LogP contribution in [0.15, 0.2) is 24.3 Å². The lowest BCUT2D eigenvalue weighted by atomic mass is 10.2. The molecule has 0 atom stereocenters. The maximum atomic E-state index is 10.8. The summed E-state index contributed by atoms with van der Waals surface area (Å²) < 4.78 is 1.44. The highest BCUT2D eigenvalue weighted by Gasteiger charge is 2.15. The molecule has 1 aromatic carbocycles. The van der Waals surface area contributed by atoms with E-state index in [-0.39, 0.29) is 5.69 Å². The standard InChI is InChI=1S/C10H10N4O2/c1-6-9(10(15)16)12-13-14(6)8-4-2-3-7(11)5-8/h2-5H,11H2,1H3,(H,15,16). The predicted molar refractivity (Wildman–Crippen MR) is 57.5 cm³/mol. The van der Waals surface area contributed by atoms with Crippen LogP contribution in [0.1, 0.15) is 16.2 Å². The van der Waals surface area contributed by atoms with Crippen molar-refractivity contribution in [1.29, 1.82) is 0 Å². The van der Waals surface area contributed by atoms with Gasteiger partial charge in [0.15, 0.2) is 5.69 Å². The van der Waals surface area contributed by atoms with E-state index in [0.29, 0.717) is 17.1 Å². The molecule has 0 spiro atoms. The first-order valence-electron chi connectivity index (χ1n) is 4.61. The number of carboxylic acid groups (broad SMARTS) is 1. The third-order valence-corrected chi connectivity index (χ3v) is 2.21. The van der Waals surface area contributed by atoms with Crippen LogP contribution in [0.4, 0.5) is 5.69 Å². The van der Waals surface area contributed by atoms with Crippen LogP contribution >= 0.6 is 0 Å². The number of hydrogen-bond acceptors (Lipinski definition) is 4. The molecule has 6 nitrogen and oxygen atoms in total. The molecule has 1 heterocycles. The van der Waals surface area contributed by atoms with Gasteiger partial charge in [0.2, 0.25) is 0 Å². The molecule has 0 unspecified atom stereocenters. The Balaban J connectivity index is 2.53. The maximum Gasteiger partial charge on any atom is 0.358 e. The number of hydrogen-bond donors (Lipinski definition) is 2. The van der Waals surface area contributed by atoms with Crippen molar-refractivity contribution in [2.75, 3.05) is 5.73 Å². The van der Waals surface area contributed by atoms with Crippen molar-refractivity contribution in [3.8, 4) is 5.69 Å². The summed E-state index contributed by atoms with van der Waals surface area (Å²) in [6.45, 7) is 1.65. The average Bonchev–Trinajstić information content (AvgIpc) is 2.60. The lowest BCUT2D eigenvalue weighted by molar-refractivity contribution is 0.0689. The summed E-state index contributed by atoms with van der Waals surface area (Å²) in [5.41, 5.74) is 7.33. The molecule has 0 radical (unpaired) electrons. The molecule has 0 aliphatic carbocycles. The molecule has 0 fully saturated rings. The van der Waals surface area contributed by atoms with Crippen LogP contribution < -0.4 is 5.73 Å². The van der Waals surface area contributed by atoms with E-state index in [2.05, 4.69) is 10.3 Å². The first-order valence-corrected chi connectivity index (χ1v) is 4.61. The van der Waals surface area contributed by atoms with Crippen LogP contribution in [0.25, 0.3) is 5.69 Å². The number of benzene rings is 1. The van der Waals surface area contributed by atoms with Gasteiger partial charge in [-0.2, -0.15) is 0 Å². The zero-order chi connectivity index (χ0) is 11.7. The number of aromatic carboxylic acids is 1. The second-order valence-corrected chi connectivity index (χ2v) is 3.34. The molecule has 0 saturated carbocycles. The fraction of sp³-hybridized carbons (Fsp3) is 0.100. The summed E-state index contributed by atoms with van der Waals surface area (Å²) >= 11 is 0. The topological polar surface area (TPSA) is 94.0 Å². The monoisotopic (exact) mass is 218 g/mol. The molecule has 3 N–H and O–H groups in total. The molecular weight excluding hydrogens is 208 g/mol. The molecule has 0 aliphatic rings. The van der Waals surface area contributed by atoms with Gasteiger partial charge < -0.3 is 10.8 Å². The Bertz CT molecular complexity index is 548. The smallest absolute Gasteiger partial charge is 0.358 e. The fourth-order valence-electron chi connectivity index (χ4n) is 1.43. The van der Waals surface area contributed by atoms with Crippen molar-refractivity contribution < 1.29 is 9.90 Å². The minimum atomic E-state index is -1.09. The summed E-state index contributed by atoms with van der Waals surface area (Å²) in [5, 5.41) is 16.2. The lowest BCUT2D eigenvalue weighted by Gasteiger charge is -2.03. The number of rotatable bonds is 2. The van der Waals surface area contributed by atoms with Gasteiger partial charge in [0, 0.05) is 5.69 Å². The van der Waals surface area contributed by atoms with E-state index in [9.17, 15) is 4.79 Å². The number of nitrogens with zero attached hydrogens (tertiary/aromatic N) is 3. The number of nitrogens with two attached hydrogens (primary N) is 1. The lowest BCUT2D eigenvalue weighted by Crippen LogP contribution is -2.03. The van der Waals surface area contributed by atoms with Gasteiger partial charge in [0.25, 0.3) is 0 Å². The van der Waals surface area contributed by atoms with Crippen LogP contribution in [-0.4, -0.2) is 26.1 Å². The normalized spacial score (nSPS) is 10.3. The quantitative estimate of drug-likeness (QED) is 0.729. The minimum Gasteiger partial charge on any atom is -0.476 e. The molecule has 0 bridgehead atoms. The molecule has 82 valence electrons. The summed E-state index contributed by atoms with van der Waals surface area (Å²) in [6.07, 6.45) is 0. The van der Waals surface area contributed by atoms with Gasteiger partial charge in [-0.05, 0) is 25.1 Å². The van der Waals surface area contributed by atoms with Gasteiger partial charge >= 0.3 is 5.97 Å². The molecule has 0 amide bonds. The zero-order valence-electron chi connectivity index (χ0n) is 8.58. The van der Waals surface area contributed by atoms with Crippen molar-refractivity contribution >= 4 is 11.7 Å². The van der Waals surface area contributed by atoms with E-state index < -0.39 is 5.97 Å². The number of nitrogen functional groups attached to an aromatic ring is 1. The van der Waals surface area contributed by atoms with Gasteiger partial charge in [-0.3, -0.25) is 0 Å². The van der Waals surface area contributed by atoms with Crippen molar-refractivity contribution in [3.63, 3.8) is 0 Å². The Morgan fingerprint density at radius 3 is 2.81 bits per heavy atom. The van der Waals surface area contributed by atoms with Crippen molar-refractivity contribution in [2.24, 2.45) is 0 Å². The van der Waals surface area contributed by atoms with Crippen LogP contribution in [0.2, 0.25) is 0 Å². The fourth-order valence-corrected chi connectivity index (χ4v) is 1.43. The predicted octanol–water partition coefficient (Wildman–Crippen LogP) is 0.856. The van der Waals surface area contributed by atoms with Gasteiger partial charge in [0.05, 0.1) is 11.4 Å². The summed E-state index contributed by atoms with van der Waals surface area (Å²) in [6, 6.07) is 7.00. The van der Waals surface area contributed by atoms with E-state index in [0.717, 1.165) is 0 Å². The van der Waals surface area contributed by atoms with E-state index in [1.165, 1.54) is 4.68 Å². The molecular formula is C10H10N4O2. The van der Waals surface area contributed by atoms with Gasteiger partial charge in [0.1, 0.15) is 0 Å². The van der Waals surface area contributed by atoms with E-state index in [4.69, 9.17) is 10.8 Å². The van der Waals surface area contributed by atoms with Gasteiger partial charge in [-0.15, -0.1) is 5.10 Å². The van der Waals surface area contributed by atoms with Crippen molar-refractivity contribution in [3.05, 3.63) is 35.7 Å². The Morgan fingerprint density at radius 1 is 1.50 bits per heavy atom. The molecule has 6 heteroatoms. The molecule has 0 saturated heterocycles. The number of anilines is 1. The molecule has 2 rings (SSSR count). The summed E-state index contributed by atoms with van der Waals surface area (Å²) in [4.78, 5) is 10.8. The SMILES string of the molecule is Cc1c(C(=O)O)nnn1-c1cccc(N)c1. The third-order valence-electron chi connectivity index (χ3n) is 2.21. The summed E-state index contributed by atoms with van der Waals surface area (Å²) in [5.74, 6) is -1.09. The van der Waals surface area contributed by atoms with Crippen LogP contribution in [0.5, 0.6) is 0 Å². The second kappa shape index (κ2) is 3.65. The minimum absolute atomic E-state index is 0.0533. The molecule has 2 aromatic rings. The zero-order valence-corrected chi connectivity index (χ0v) is 8.58. The molecule has 0 aliphatic heterocycles. The first kappa shape index (κ1) is 10.2. The number of carboxylic acids is 1. The van der Waals surface area contributed by atoms with Gasteiger partial charge in [-0.25, -0.2) is 9.48 Å². The Morgan fingerprint density at radius 2 is 2.25 bits per heavy atom. The Kier molecular flexibility index (Phi) is 2.32. The third kappa shape index (κ3) is 1.60. The highest BCUT2D eigenvalue weighted by atomic mass is 16.4. The van der Waals surface area contributed by atoms with Crippen molar-refractivity contribution in [1.82, 2.24) is 15.0 Å².